The minimum atomic E-state index is -4.58. The van der Waals surface area contributed by atoms with Crippen LogP contribution in [-0.2, 0) is 33.7 Å². The molecule has 0 saturated heterocycles. The number of ether oxygens (including phenoxy) is 2. The Labute approximate surface area is 233 Å². The number of imidazole rings is 1. The van der Waals surface area contributed by atoms with Crippen molar-refractivity contribution in [2.45, 2.75) is 58.5 Å². The first-order valence-electron chi connectivity index (χ1n) is 12.1. The van der Waals surface area contributed by atoms with E-state index in [1.807, 2.05) is 22.8 Å². The van der Waals surface area contributed by atoms with Crippen LogP contribution in [0.15, 0.2) is 47.5 Å². The van der Waals surface area contributed by atoms with Crippen molar-refractivity contribution < 1.29 is 32.2 Å². The van der Waals surface area contributed by atoms with E-state index in [1.165, 1.54) is 19.1 Å². The van der Waals surface area contributed by atoms with E-state index in [4.69, 9.17) is 9.47 Å². The van der Waals surface area contributed by atoms with Gasteiger partial charge >= 0.3 is 12.1 Å². The van der Waals surface area contributed by atoms with Gasteiger partial charge in [-0.05, 0) is 71.5 Å². The molecule has 0 N–H and O–H groups in total. The summed E-state index contributed by atoms with van der Waals surface area (Å²) in [6.45, 7) is 9.25. The van der Waals surface area contributed by atoms with Crippen LogP contribution in [0, 0.1) is 3.57 Å². The molecule has 0 saturated carbocycles. The van der Waals surface area contributed by atoms with Crippen LogP contribution in [0.25, 0.3) is 11.0 Å². The molecule has 3 aromatic rings. The lowest BCUT2D eigenvalue weighted by atomic mass is 10.1. The van der Waals surface area contributed by atoms with Crippen molar-refractivity contribution in [2.75, 3.05) is 13.2 Å². The summed E-state index contributed by atoms with van der Waals surface area (Å²) in [6, 6.07) is 10.9. The summed E-state index contributed by atoms with van der Waals surface area (Å²) in [4.78, 5) is 28.7. The molecule has 1 aromatic heterocycles. The maximum atomic E-state index is 13.2. The van der Waals surface area contributed by atoms with Crippen LogP contribution in [0.2, 0.25) is 25.7 Å². The molecule has 0 aliphatic heterocycles. The average molecular weight is 662 g/mol. The van der Waals surface area contributed by atoms with Crippen molar-refractivity contribution in [1.82, 2.24) is 9.13 Å². The van der Waals surface area contributed by atoms with E-state index >= 15 is 0 Å². The number of benzene rings is 2. The van der Waals surface area contributed by atoms with Gasteiger partial charge in [-0.3, -0.25) is 14.2 Å². The molecule has 1 heterocycles. The van der Waals surface area contributed by atoms with Gasteiger partial charge in [0.1, 0.15) is 6.73 Å². The maximum absolute atomic E-state index is 13.2. The maximum Gasteiger partial charge on any atom is 0.416 e. The number of aromatic nitrogens is 2. The lowest BCUT2D eigenvalue weighted by Crippen LogP contribution is -2.30. The second-order valence-corrected chi connectivity index (χ2v) is 16.9. The fourth-order valence-electron chi connectivity index (χ4n) is 3.73. The number of hydrogen-bond acceptors (Lipinski definition) is 4. The molecular weight excluding hydrogens is 630 g/mol. The quantitative estimate of drug-likeness (QED) is 0.114. The number of aryl methyl sites for hydroxylation is 1. The first-order valence-corrected chi connectivity index (χ1v) is 16.9. The molecule has 0 bridgehead atoms. The van der Waals surface area contributed by atoms with Crippen LogP contribution in [0.1, 0.15) is 29.3 Å². The first kappa shape index (κ1) is 30.1. The Morgan fingerprint density at radius 1 is 1.03 bits per heavy atom. The van der Waals surface area contributed by atoms with Crippen LogP contribution in [0.4, 0.5) is 13.2 Å². The van der Waals surface area contributed by atoms with Crippen molar-refractivity contribution in [1.29, 1.82) is 0 Å². The summed E-state index contributed by atoms with van der Waals surface area (Å²) in [6.07, 6.45) is -4.13. The summed E-state index contributed by atoms with van der Waals surface area (Å²) in [5.74, 6) is -1.20. The largest absolute Gasteiger partial charge is 0.466 e. The smallest absolute Gasteiger partial charge is 0.416 e. The Balaban J connectivity index is 2.10. The number of halogens is 4. The molecule has 206 valence electrons. The van der Waals surface area contributed by atoms with E-state index in [1.54, 1.807) is 4.57 Å². The summed E-state index contributed by atoms with van der Waals surface area (Å²) < 4.78 is 55.3. The Kier molecular flexibility index (Phi) is 9.98. The van der Waals surface area contributed by atoms with E-state index in [-0.39, 0.29) is 24.5 Å². The molecule has 12 heteroatoms. The molecule has 0 aliphatic carbocycles. The van der Waals surface area contributed by atoms with Gasteiger partial charge in [-0.1, -0.05) is 25.7 Å². The molecule has 38 heavy (non-hydrogen) atoms. The highest BCUT2D eigenvalue weighted by Crippen LogP contribution is 2.29. The highest BCUT2D eigenvalue weighted by molar-refractivity contribution is 14.1. The van der Waals surface area contributed by atoms with E-state index < -0.39 is 31.7 Å². The van der Waals surface area contributed by atoms with Crippen LogP contribution < -0.4 is 5.62 Å². The third kappa shape index (κ3) is 8.27. The second-order valence-electron chi connectivity index (χ2n) is 10.0. The van der Waals surface area contributed by atoms with Gasteiger partial charge in [0.25, 0.3) is 5.91 Å². The van der Waals surface area contributed by atoms with Crippen molar-refractivity contribution in [3.63, 3.8) is 0 Å². The third-order valence-electron chi connectivity index (χ3n) is 5.69. The molecule has 0 atom stereocenters. The highest BCUT2D eigenvalue weighted by Gasteiger charge is 2.31. The molecular formula is C26H31F3IN3O4Si. The summed E-state index contributed by atoms with van der Waals surface area (Å²) in [5, 5.41) is 0. The Morgan fingerprint density at radius 2 is 1.76 bits per heavy atom. The third-order valence-corrected chi connectivity index (χ3v) is 8.06. The fourth-order valence-corrected chi connectivity index (χ4v) is 4.96. The molecule has 0 radical (unpaired) electrons. The molecule has 0 unspecified atom stereocenters. The first-order chi connectivity index (χ1) is 17.8. The van der Waals surface area contributed by atoms with Crippen molar-refractivity contribution in [3.05, 3.63) is 62.8 Å². The van der Waals surface area contributed by atoms with Crippen LogP contribution >= 0.6 is 22.6 Å². The predicted octanol–water partition coefficient (Wildman–Crippen LogP) is 6.07. The zero-order valence-corrected chi connectivity index (χ0v) is 24.9. The summed E-state index contributed by atoms with van der Waals surface area (Å²) in [5.41, 5.74) is 0.709. The molecule has 1 amide bonds. The molecule has 0 aliphatic rings. The standard InChI is InChI=1S/C26H31F3IN3O4Si/c1-18(34)37-12-6-11-32-22-10-9-21(30)16-23(22)33(17-36-13-14-38(2,3)4)25(32)31-24(35)19-7-5-8-20(15-19)26(27,28)29/h5,7-10,15-16H,6,11-14,17H2,1-4H3. The Morgan fingerprint density at radius 3 is 2.42 bits per heavy atom. The number of hydrogen-bond donors (Lipinski definition) is 0. The number of carbonyl (C=O) groups excluding carboxylic acids is 2. The SMILES string of the molecule is CC(=O)OCCCn1c(=NC(=O)c2cccc(C(F)(F)F)c2)n(COCC[Si](C)(C)C)c2cc(I)ccc21. The lowest BCUT2D eigenvalue weighted by Gasteiger charge is -2.15. The minimum absolute atomic E-state index is 0.118. The zero-order valence-electron chi connectivity index (χ0n) is 21.8. The Bertz CT molecular complexity index is 1380. The lowest BCUT2D eigenvalue weighted by molar-refractivity contribution is -0.141. The molecule has 0 fully saturated rings. The number of nitrogens with zero attached hydrogens (tertiary/aromatic N) is 3. The molecule has 2 aromatic carbocycles. The topological polar surface area (TPSA) is 74.8 Å². The minimum Gasteiger partial charge on any atom is -0.466 e. The molecule has 7 nitrogen and oxygen atoms in total. The van der Waals surface area contributed by atoms with E-state index in [0.29, 0.717) is 19.6 Å². The van der Waals surface area contributed by atoms with Crippen LogP contribution in [-0.4, -0.2) is 42.3 Å². The van der Waals surface area contributed by atoms with E-state index in [2.05, 4.69) is 47.2 Å². The van der Waals surface area contributed by atoms with Gasteiger partial charge in [0.2, 0.25) is 5.62 Å². The van der Waals surface area contributed by atoms with Gasteiger partial charge in [-0.15, -0.1) is 0 Å². The van der Waals surface area contributed by atoms with Crippen molar-refractivity contribution in [2.24, 2.45) is 4.99 Å². The summed E-state index contributed by atoms with van der Waals surface area (Å²) >= 11 is 2.19. The fraction of sp³-hybridized carbons (Fsp3) is 0.423. The van der Waals surface area contributed by atoms with E-state index in [9.17, 15) is 22.8 Å². The number of fused-ring (bicyclic) bond motifs is 1. The highest BCUT2D eigenvalue weighted by atomic mass is 127. The second kappa shape index (κ2) is 12.6. The van der Waals surface area contributed by atoms with Crippen LogP contribution in [0.3, 0.4) is 0 Å². The molecule has 3 rings (SSSR count). The van der Waals surface area contributed by atoms with Gasteiger partial charge in [-0.25, -0.2) is 0 Å². The number of carbonyl (C=O) groups is 2. The van der Waals surface area contributed by atoms with E-state index in [0.717, 1.165) is 32.8 Å². The zero-order chi connectivity index (χ0) is 28.1. The number of amides is 1. The monoisotopic (exact) mass is 661 g/mol. The normalized spacial score (nSPS) is 12.8. The van der Waals surface area contributed by atoms with Gasteiger partial charge in [0, 0.05) is 37.3 Å². The van der Waals surface area contributed by atoms with Crippen molar-refractivity contribution >= 4 is 53.6 Å². The van der Waals surface area contributed by atoms with Crippen molar-refractivity contribution in [3.8, 4) is 0 Å². The number of esters is 1. The van der Waals surface area contributed by atoms with Crippen LogP contribution in [0.5, 0.6) is 0 Å². The number of alkyl halides is 3. The Hall–Kier alpha value is -2.45. The van der Waals surface area contributed by atoms with Gasteiger partial charge in [0.05, 0.1) is 23.2 Å². The predicted molar refractivity (Wildman–Crippen MR) is 149 cm³/mol. The van der Waals surface area contributed by atoms with Gasteiger partial charge < -0.3 is 14.0 Å². The van der Waals surface area contributed by atoms with Gasteiger partial charge in [0.15, 0.2) is 0 Å². The van der Waals surface area contributed by atoms with Gasteiger partial charge in [-0.2, -0.15) is 18.2 Å². The number of rotatable bonds is 10. The summed E-state index contributed by atoms with van der Waals surface area (Å²) in [7, 11) is -1.34. The average Bonchev–Trinajstić information content (AvgIpc) is 3.09. The molecule has 0 spiro atoms.